The smallest absolute Gasteiger partial charge is 0.0469 e. The minimum Gasteiger partial charge on any atom is -0.381 e. The molecule has 0 aromatic carbocycles. The molecule has 1 aromatic rings. The van der Waals surface area contributed by atoms with Crippen molar-refractivity contribution < 1.29 is 4.74 Å². The van der Waals surface area contributed by atoms with E-state index in [1.807, 2.05) is 0 Å². The molecular formula is C10H14BrNOS. The molecule has 2 nitrogen and oxygen atoms in total. The fourth-order valence-corrected chi connectivity index (χ4v) is 3.57. The second-order valence-electron chi connectivity index (χ2n) is 3.61. The van der Waals surface area contributed by atoms with Crippen LogP contribution in [0.4, 0.5) is 0 Å². The van der Waals surface area contributed by atoms with Crippen molar-refractivity contribution in [3.63, 3.8) is 0 Å². The van der Waals surface area contributed by atoms with Crippen molar-refractivity contribution in [2.45, 2.75) is 18.9 Å². The Bertz CT molecular complexity index is 296. The minimum atomic E-state index is 0.174. The van der Waals surface area contributed by atoms with Gasteiger partial charge in [0.05, 0.1) is 0 Å². The van der Waals surface area contributed by atoms with Crippen LogP contribution in [0.25, 0.3) is 0 Å². The molecule has 14 heavy (non-hydrogen) atoms. The monoisotopic (exact) mass is 275 g/mol. The van der Waals surface area contributed by atoms with Crippen LogP contribution in [-0.4, -0.2) is 13.2 Å². The lowest BCUT2D eigenvalue weighted by atomic mass is 9.91. The zero-order valence-corrected chi connectivity index (χ0v) is 10.3. The summed E-state index contributed by atoms with van der Waals surface area (Å²) in [5.41, 5.74) is 6.24. The van der Waals surface area contributed by atoms with Gasteiger partial charge in [0.1, 0.15) is 0 Å². The van der Waals surface area contributed by atoms with E-state index in [4.69, 9.17) is 10.5 Å². The van der Waals surface area contributed by atoms with Gasteiger partial charge >= 0.3 is 0 Å². The highest BCUT2D eigenvalue weighted by atomic mass is 79.9. The standard InChI is InChI=1S/C10H14BrNOS/c11-8-3-6-14-10(8)9(12)7-1-4-13-5-2-7/h3,6-7,9H,1-2,4-5,12H2/t9-/m1/s1. The minimum absolute atomic E-state index is 0.174. The van der Waals surface area contributed by atoms with Crippen LogP contribution in [0.5, 0.6) is 0 Å². The van der Waals surface area contributed by atoms with Crippen LogP contribution in [0, 0.1) is 5.92 Å². The average molecular weight is 276 g/mol. The molecule has 0 aliphatic carbocycles. The van der Waals surface area contributed by atoms with Gasteiger partial charge in [0.2, 0.25) is 0 Å². The number of nitrogens with two attached hydrogens (primary N) is 1. The fraction of sp³-hybridized carbons (Fsp3) is 0.600. The van der Waals surface area contributed by atoms with Crippen molar-refractivity contribution in [2.24, 2.45) is 11.7 Å². The summed E-state index contributed by atoms with van der Waals surface area (Å²) < 4.78 is 6.49. The summed E-state index contributed by atoms with van der Waals surface area (Å²) in [6, 6.07) is 2.24. The van der Waals surface area contributed by atoms with Gasteiger partial charge in [0, 0.05) is 28.6 Å². The molecule has 1 aromatic heterocycles. The molecule has 2 rings (SSSR count). The number of thiophene rings is 1. The van der Waals surface area contributed by atoms with Crippen LogP contribution in [0.1, 0.15) is 23.8 Å². The molecule has 0 bridgehead atoms. The van der Waals surface area contributed by atoms with E-state index < -0.39 is 0 Å². The molecule has 1 aliphatic heterocycles. The van der Waals surface area contributed by atoms with Crippen molar-refractivity contribution in [3.05, 3.63) is 20.8 Å². The Morgan fingerprint density at radius 3 is 2.79 bits per heavy atom. The van der Waals surface area contributed by atoms with Crippen LogP contribution in [0.15, 0.2) is 15.9 Å². The summed E-state index contributed by atoms with van der Waals surface area (Å²) in [7, 11) is 0. The van der Waals surface area contributed by atoms with Crippen molar-refractivity contribution in [1.82, 2.24) is 0 Å². The third-order valence-corrected chi connectivity index (χ3v) is 4.69. The summed E-state index contributed by atoms with van der Waals surface area (Å²) in [6.07, 6.45) is 2.18. The maximum absolute atomic E-state index is 6.24. The van der Waals surface area contributed by atoms with E-state index >= 15 is 0 Å². The molecule has 0 saturated carbocycles. The Morgan fingerprint density at radius 2 is 2.21 bits per heavy atom. The first-order chi connectivity index (χ1) is 6.79. The Kier molecular flexibility index (Phi) is 3.60. The number of hydrogen-bond acceptors (Lipinski definition) is 3. The quantitative estimate of drug-likeness (QED) is 0.901. The van der Waals surface area contributed by atoms with Gasteiger partial charge < -0.3 is 10.5 Å². The van der Waals surface area contributed by atoms with Gasteiger partial charge in [0.15, 0.2) is 0 Å². The molecule has 1 fully saturated rings. The Hall–Kier alpha value is 0.1000. The van der Waals surface area contributed by atoms with Gasteiger partial charge in [-0.05, 0) is 46.1 Å². The third-order valence-electron chi connectivity index (χ3n) is 2.72. The van der Waals surface area contributed by atoms with Crippen LogP contribution in [0.2, 0.25) is 0 Å². The third kappa shape index (κ3) is 2.19. The first-order valence-electron chi connectivity index (χ1n) is 4.85. The normalized spacial score (nSPS) is 21.0. The highest BCUT2D eigenvalue weighted by molar-refractivity contribution is 9.10. The van der Waals surface area contributed by atoms with E-state index in [-0.39, 0.29) is 6.04 Å². The van der Waals surface area contributed by atoms with Gasteiger partial charge in [-0.3, -0.25) is 0 Å². The summed E-state index contributed by atoms with van der Waals surface area (Å²) in [5, 5.41) is 2.08. The Balaban J connectivity index is 2.07. The molecule has 1 saturated heterocycles. The van der Waals surface area contributed by atoms with E-state index in [0.29, 0.717) is 5.92 Å². The molecule has 0 unspecified atom stereocenters. The number of rotatable bonds is 2. The average Bonchev–Trinajstić information content (AvgIpc) is 2.65. The Morgan fingerprint density at radius 1 is 1.50 bits per heavy atom. The van der Waals surface area contributed by atoms with E-state index in [0.717, 1.165) is 30.5 Å². The van der Waals surface area contributed by atoms with Gasteiger partial charge in [-0.25, -0.2) is 0 Å². The van der Waals surface area contributed by atoms with Crippen LogP contribution >= 0.6 is 27.3 Å². The summed E-state index contributed by atoms with van der Waals surface area (Å²) in [6.45, 7) is 1.72. The van der Waals surface area contributed by atoms with E-state index in [2.05, 4.69) is 27.4 Å². The second kappa shape index (κ2) is 4.75. The largest absolute Gasteiger partial charge is 0.381 e. The summed E-state index contributed by atoms with van der Waals surface area (Å²) >= 11 is 5.27. The van der Waals surface area contributed by atoms with Crippen molar-refractivity contribution in [3.8, 4) is 0 Å². The van der Waals surface area contributed by atoms with E-state index in [9.17, 15) is 0 Å². The van der Waals surface area contributed by atoms with Gasteiger partial charge in [-0.15, -0.1) is 11.3 Å². The molecular weight excluding hydrogens is 262 g/mol. The summed E-state index contributed by atoms with van der Waals surface area (Å²) in [5.74, 6) is 0.582. The molecule has 0 amide bonds. The van der Waals surface area contributed by atoms with Crippen molar-refractivity contribution >= 4 is 27.3 Å². The number of hydrogen-bond donors (Lipinski definition) is 1. The lowest BCUT2D eigenvalue weighted by Crippen LogP contribution is -2.27. The van der Waals surface area contributed by atoms with E-state index in [1.165, 1.54) is 4.88 Å². The SMILES string of the molecule is N[C@@H](c1sccc1Br)C1CCOCC1. The maximum atomic E-state index is 6.24. The zero-order chi connectivity index (χ0) is 9.97. The van der Waals surface area contributed by atoms with E-state index in [1.54, 1.807) is 11.3 Å². The lowest BCUT2D eigenvalue weighted by molar-refractivity contribution is 0.0587. The highest BCUT2D eigenvalue weighted by Gasteiger charge is 2.24. The predicted octanol–water partition coefficient (Wildman–Crippen LogP) is 2.94. The topological polar surface area (TPSA) is 35.2 Å². The molecule has 4 heteroatoms. The highest BCUT2D eigenvalue weighted by Crippen LogP contribution is 2.35. The summed E-state index contributed by atoms with van der Waals surface area (Å²) in [4.78, 5) is 1.27. The molecule has 78 valence electrons. The molecule has 1 aliphatic rings. The molecule has 2 heterocycles. The predicted molar refractivity (Wildman–Crippen MR) is 62.5 cm³/mol. The van der Waals surface area contributed by atoms with Gasteiger partial charge in [0.25, 0.3) is 0 Å². The first kappa shape index (κ1) is 10.6. The molecule has 1 atom stereocenters. The van der Waals surface area contributed by atoms with Crippen LogP contribution in [-0.2, 0) is 4.74 Å². The van der Waals surface area contributed by atoms with Crippen molar-refractivity contribution in [2.75, 3.05) is 13.2 Å². The number of halogens is 1. The molecule has 0 radical (unpaired) electrons. The maximum Gasteiger partial charge on any atom is 0.0469 e. The van der Waals surface area contributed by atoms with Crippen LogP contribution < -0.4 is 5.73 Å². The molecule has 0 spiro atoms. The Labute approximate surface area is 96.6 Å². The van der Waals surface area contributed by atoms with Gasteiger partial charge in [-0.1, -0.05) is 0 Å². The fourth-order valence-electron chi connectivity index (χ4n) is 1.83. The lowest BCUT2D eigenvalue weighted by Gasteiger charge is -2.27. The van der Waals surface area contributed by atoms with Crippen molar-refractivity contribution in [1.29, 1.82) is 0 Å². The first-order valence-corrected chi connectivity index (χ1v) is 6.52. The van der Waals surface area contributed by atoms with Crippen LogP contribution in [0.3, 0.4) is 0 Å². The van der Waals surface area contributed by atoms with Gasteiger partial charge in [-0.2, -0.15) is 0 Å². The zero-order valence-electron chi connectivity index (χ0n) is 7.91. The second-order valence-corrected chi connectivity index (χ2v) is 5.41. The number of ether oxygens (including phenoxy) is 1. The molecule has 2 N–H and O–H groups in total.